The summed E-state index contributed by atoms with van der Waals surface area (Å²) < 4.78 is 5.46. The highest BCUT2D eigenvalue weighted by Crippen LogP contribution is 2.23. The number of nitrogens with one attached hydrogen (secondary N) is 1. The van der Waals surface area contributed by atoms with Gasteiger partial charge in [-0.2, -0.15) is 0 Å². The second-order valence-corrected chi connectivity index (χ2v) is 5.42. The average Bonchev–Trinajstić information content (AvgIpc) is 2.42. The molecule has 2 rings (SSSR count). The highest BCUT2D eigenvalue weighted by Gasteiger charge is 2.19. The van der Waals surface area contributed by atoms with E-state index in [0.717, 1.165) is 18.8 Å². The topological polar surface area (TPSA) is 24.5 Å². The maximum absolute atomic E-state index is 5.46. The Morgan fingerprint density at radius 1 is 1.32 bits per heavy atom. The first-order chi connectivity index (χ1) is 9.22. The van der Waals surface area contributed by atoms with Gasteiger partial charge in [0.15, 0.2) is 0 Å². The predicted octanol–water partition coefficient (Wildman–Crippen LogP) is 2.58. The second kappa shape index (κ2) is 6.92. The molecule has 1 aromatic carbocycles. The van der Waals surface area contributed by atoms with Crippen molar-refractivity contribution < 1.29 is 4.74 Å². The lowest BCUT2D eigenvalue weighted by atomic mass is 10.0. The molecular weight excluding hydrogens is 236 g/mol. The maximum Gasteiger partial charge on any atom is 0.123 e. The van der Waals surface area contributed by atoms with E-state index in [4.69, 9.17) is 4.74 Å². The SMILES string of the molecule is CCNC1CCN(Cc2cc(C)ccc2OC)CC1. The van der Waals surface area contributed by atoms with Gasteiger partial charge in [0.25, 0.3) is 0 Å². The lowest BCUT2D eigenvalue weighted by Crippen LogP contribution is -2.42. The molecule has 1 aliphatic heterocycles. The quantitative estimate of drug-likeness (QED) is 0.882. The minimum absolute atomic E-state index is 0.709. The maximum atomic E-state index is 5.46. The third-order valence-corrected chi connectivity index (χ3v) is 3.91. The van der Waals surface area contributed by atoms with Crippen molar-refractivity contribution in [2.75, 3.05) is 26.7 Å². The molecule has 1 N–H and O–H groups in total. The molecule has 106 valence electrons. The van der Waals surface area contributed by atoms with Crippen LogP contribution in [0.25, 0.3) is 0 Å². The zero-order chi connectivity index (χ0) is 13.7. The van der Waals surface area contributed by atoms with Crippen molar-refractivity contribution in [1.29, 1.82) is 0 Å². The van der Waals surface area contributed by atoms with E-state index in [1.54, 1.807) is 7.11 Å². The smallest absolute Gasteiger partial charge is 0.123 e. The zero-order valence-corrected chi connectivity index (χ0v) is 12.4. The molecule has 0 amide bonds. The number of methoxy groups -OCH3 is 1. The molecule has 1 aromatic rings. The number of hydrogen-bond donors (Lipinski definition) is 1. The molecule has 1 heterocycles. The highest BCUT2D eigenvalue weighted by molar-refractivity contribution is 5.36. The molecule has 1 fully saturated rings. The van der Waals surface area contributed by atoms with Crippen LogP contribution in [0.1, 0.15) is 30.9 Å². The first-order valence-electron chi connectivity index (χ1n) is 7.32. The van der Waals surface area contributed by atoms with Gasteiger partial charge in [-0.05, 0) is 45.5 Å². The average molecular weight is 262 g/mol. The van der Waals surface area contributed by atoms with Gasteiger partial charge >= 0.3 is 0 Å². The zero-order valence-electron chi connectivity index (χ0n) is 12.4. The Morgan fingerprint density at radius 3 is 2.68 bits per heavy atom. The molecule has 0 aliphatic carbocycles. The number of benzene rings is 1. The minimum atomic E-state index is 0.709. The normalized spacial score (nSPS) is 17.6. The summed E-state index contributed by atoms with van der Waals surface area (Å²) in [5, 5.41) is 3.55. The van der Waals surface area contributed by atoms with Crippen molar-refractivity contribution in [1.82, 2.24) is 10.2 Å². The van der Waals surface area contributed by atoms with E-state index in [1.807, 2.05) is 0 Å². The van der Waals surface area contributed by atoms with Crippen LogP contribution in [0.4, 0.5) is 0 Å². The van der Waals surface area contributed by atoms with E-state index >= 15 is 0 Å². The Labute approximate surface area is 116 Å². The third-order valence-electron chi connectivity index (χ3n) is 3.91. The standard InChI is InChI=1S/C16H26N2O/c1-4-17-15-7-9-18(10-8-15)12-14-11-13(2)5-6-16(14)19-3/h5-6,11,15,17H,4,7-10,12H2,1-3H3. The fraction of sp³-hybridized carbons (Fsp3) is 0.625. The summed E-state index contributed by atoms with van der Waals surface area (Å²) in [6.45, 7) is 8.76. The predicted molar refractivity (Wildman–Crippen MR) is 79.7 cm³/mol. The van der Waals surface area contributed by atoms with Crippen LogP contribution in [0.3, 0.4) is 0 Å². The lowest BCUT2D eigenvalue weighted by Gasteiger charge is -2.32. The molecule has 1 saturated heterocycles. The van der Waals surface area contributed by atoms with Crippen molar-refractivity contribution in [2.24, 2.45) is 0 Å². The van der Waals surface area contributed by atoms with Gasteiger partial charge in [0.1, 0.15) is 5.75 Å². The summed E-state index contributed by atoms with van der Waals surface area (Å²) in [4.78, 5) is 2.53. The van der Waals surface area contributed by atoms with Crippen molar-refractivity contribution in [3.8, 4) is 5.75 Å². The molecule has 19 heavy (non-hydrogen) atoms. The third kappa shape index (κ3) is 3.95. The Hall–Kier alpha value is -1.06. The van der Waals surface area contributed by atoms with Crippen molar-refractivity contribution in [2.45, 2.75) is 39.3 Å². The number of ether oxygens (including phenoxy) is 1. The van der Waals surface area contributed by atoms with Crippen LogP contribution < -0.4 is 10.1 Å². The summed E-state index contributed by atoms with van der Waals surface area (Å²) >= 11 is 0. The molecule has 3 heteroatoms. The fourth-order valence-electron chi connectivity index (χ4n) is 2.86. The lowest BCUT2D eigenvalue weighted by molar-refractivity contribution is 0.190. The summed E-state index contributed by atoms with van der Waals surface area (Å²) in [5.74, 6) is 1.01. The Balaban J connectivity index is 1.93. The van der Waals surface area contributed by atoms with Crippen LogP contribution in [0.15, 0.2) is 18.2 Å². The van der Waals surface area contributed by atoms with Gasteiger partial charge in [0.05, 0.1) is 7.11 Å². The molecular formula is C16H26N2O. The Kier molecular flexibility index (Phi) is 5.23. The number of aryl methyl sites for hydroxylation is 1. The van der Waals surface area contributed by atoms with Crippen LogP contribution in [0.2, 0.25) is 0 Å². The molecule has 0 bridgehead atoms. The van der Waals surface area contributed by atoms with Crippen LogP contribution in [0.5, 0.6) is 5.75 Å². The molecule has 0 aromatic heterocycles. The van der Waals surface area contributed by atoms with Crippen LogP contribution >= 0.6 is 0 Å². The molecule has 3 nitrogen and oxygen atoms in total. The second-order valence-electron chi connectivity index (χ2n) is 5.42. The summed E-state index contributed by atoms with van der Waals surface area (Å²) in [6, 6.07) is 7.14. The van der Waals surface area contributed by atoms with E-state index in [2.05, 4.69) is 42.3 Å². The van der Waals surface area contributed by atoms with Gasteiger partial charge in [-0.3, -0.25) is 4.90 Å². The number of rotatable bonds is 5. The molecule has 0 radical (unpaired) electrons. The van der Waals surface area contributed by atoms with Crippen molar-refractivity contribution in [3.63, 3.8) is 0 Å². The molecule has 0 saturated carbocycles. The Morgan fingerprint density at radius 2 is 2.05 bits per heavy atom. The van der Waals surface area contributed by atoms with Gasteiger partial charge in [-0.1, -0.05) is 24.6 Å². The van der Waals surface area contributed by atoms with Gasteiger partial charge in [-0.15, -0.1) is 0 Å². The van der Waals surface area contributed by atoms with Crippen molar-refractivity contribution in [3.05, 3.63) is 29.3 Å². The number of nitrogens with zero attached hydrogens (tertiary/aromatic N) is 1. The number of likely N-dealkylation sites (tertiary alicyclic amines) is 1. The van der Waals surface area contributed by atoms with Crippen LogP contribution in [-0.4, -0.2) is 37.7 Å². The minimum Gasteiger partial charge on any atom is -0.496 e. The monoisotopic (exact) mass is 262 g/mol. The number of hydrogen-bond acceptors (Lipinski definition) is 3. The summed E-state index contributed by atoms with van der Waals surface area (Å²) in [7, 11) is 1.76. The summed E-state index contributed by atoms with van der Waals surface area (Å²) in [6.07, 6.45) is 2.50. The number of piperidine rings is 1. The fourth-order valence-corrected chi connectivity index (χ4v) is 2.86. The van der Waals surface area contributed by atoms with E-state index in [1.165, 1.54) is 37.1 Å². The van der Waals surface area contributed by atoms with E-state index < -0.39 is 0 Å². The Bertz CT molecular complexity index is 398. The first kappa shape index (κ1) is 14.4. The van der Waals surface area contributed by atoms with E-state index in [0.29, 0.717) is 6.04 Å². The summed E-state index contributed by atoms with van der Waals surface area (Å²) in [5.41, 5.74) is 2.61. The molecule has 0 spiro atoms. The van der Waals surface area contributed by atoms with Crippen LogP contribution in [-0.2, 0) is 6.54 Å². The molecule has 0 unspecified atom stereocenters. The molecule has 0 atom stereocenters. The van der Waals surface area contributed by atoms with E-state index in [9.17, 15) is 0 Å². The largest absolute Gasteiger partial charge is 0.496 e. The van der Waals surface area contributed by atoms with E-state index in [-0.39, 0.29) is 0 Å². The first-order valence-corrected chi connectivity index (χ1v) is 7.32. The van der Waals surface area contributed by atoms with Gasteiger partial charge in [0, 0.05) is 18.2 Å². The van der Waals surface area contributed by atoms with Gasteiger partial charge < -0.3 is 10.1 Å². The van der Waals surface area contributed by atoms with Gasteiger partial charge in [0.2, 0.25) is 0 Å². The van der Waals surface area contributed by atoms with Crippen LogP contribution in [0, 0.1) is 6.92 Å². The van der Waals surface area contributed by atoms with Crippen molar-refractivity contribution >= 4 is 0 Å². The van der Waals surface area contributed by atoms with Gasteiger partial charge in [-0.25, -0.2) is 0 Å². The molecule has 1 aliphatic rings. The highest BCUT2D eigenvalue weighted by atomic mass is 16.5.